The van der Waals surface area contributed by atoms with Crippen LogP contribution in [-0.2, 0) is 15.5 Å². The van der Waals surface area contributed by atoms with Crippen LogP contribution in [0.15, 0.2) is 24.3 Å². The summed E-state index contributed by atoms with van der Waals surface area (Å²) in [5, 5.41) is 0. The van der Waals surface area contributed by atoms with Crippen molar-refractivity contribution in [3.63, 3.8) is 0 Å². The highest BCUT2D eigenvalue weighted by molar-refractivity contribution is 8.13. The Kier molecular flexibility index (Phi) is 4.17. The van der Waals surface area contributed by atoms with E-state index in [9.17, 15) is 8.42 Å². The van der Waals surface area contributed by atoms with E-state index in [1.54, 1.807) is 0 Å². The van der Waals surface area contributed by atoms with Gasteiger partial charge in [0.2, 0.25) is 9.05 Å². The van der Waals surface area contributed by atoms with Crippen LogP contribution in [-0.4, -0.2) is 14.2 Å². The van der Waals surface area contributed by atoms with Crippen LogP contribution in [0.5, 0.6) is 0 Å². The molecule has 0 aromatic heterocycles. The van der Waals surface area contributed by atoms with Gasteiger partial charge >= 0.3 is 0 Å². The summed E-state index contributed by atoms with van der Waals surface area (Å²) in [5.41, 5.74) is 2.38. The maximum Gasteiger partial charge on any atom is 0.232 e. The van der Waals surface area contributed by atoms with E-state index in [1.165, 1.54) is 11.1 Å². The second kappa shape index (κ2) is 4.99. The van der Waals surface area contributed by atoms with Crippen molar-refractivity contribution in [2.45, 2.75) is 20.3 Å². The van der Waals surface area contributed by atoms with E-state index < -0.39 is 9.05 Å². The van der Waals surface area contributed by atoms with E-state index >= 15 is 0 Å². The molecular weight excluding hydrogens is 232 g/mol. The van der Waals surface area contributed by atoms with Gasteiger partial charge in [-0.25, -0.2) is 8.42 Å². The second-order valence-corrected chi connectivity index (χ2v) is 6.76. The molecule has 4 heteroatoms. The van der Waals surface area contributed by atoms with Gasteiger partial charge in [-0.05, 0) is 30.4 Å². The maximum atomic E-state index is 10.9. The van der Waals surface area contributed by atoms with Crippen molar-refractivity contribution in [3.05, 3.63) is 35.4 Å². The van der Waals surface area contributed by atoms with Gasteiger partial charge in [0.05, 0.1) is 5.75 Å². The SMILES string of the molecule is Cc1ccccc1CC(C)CS(=O)(=O)Cl. The van der Waals surface area contributed by atoms with Crippen molar-refractivity contribution in [1.82, 2.24) is 0 Å². The monoisotopic (exact) mass is 246 g/mol. The third-order valence-corrected chi connectivity index (χ3v) is 3.66. The highest BCUT2D eigenvalue weighted by Crippen LogP contribution is 2.15. The molecule has 0 saturated carbocycles. The van der Waals surface area contributed by atoms with Gasteiger partial charge in [-0.1, -0.05) is 31.2 Å². The lowest BCUT2D eigenvalue weighted by molar-refractivity contribution is 0.582. The van der Waals surface area contributed by atoms with Crippen molar-refractivity contribution < 1.29 is 8.42 Å². The topological polar surface area (TPSA) is 34.1 Å². The van der Waals surface area contributed by atoms with Crippen LogP contribution < -0.4 is 0 Å². The first kappa shape index (κ1) is 12.5. The van der Waals surface area contributed by atoms with Crippen LogP contribution >= 0.6 is 10.7 Å². The van der Waals surface area contributed by atoms with E-state index in [2.05, 4.69) is 0 Å². The Balaban J connectivity index is 2.67. The molecule has 1 atom stereocenters. The summed E-state index contributed by atoms with van der Waals surface area (Å²) in [6, 6.07) is 7.98. The zero-order chi connectivity index (χ0) is 11.5. The molecule has 2 nitrogen and oxygen atoms in total. The lowest BCUT2D eigenvalue weighted by Gasteiger charge is -2.11. The highest BCUT2D eigenvalue weighted by atomic mass is 35.7. The molecule has 0 spiro atoms. The van der Waals surface area contributed by atoms with E-state index in [0.717, 1.165) is 6.42 Å². The quantitative estimate of drug-likeness (QED) is 0.766. The minimum absolute atomic E-state index is 0.0306. The molecule has 0 bridgehead atoms. The summed E-state index contributed by atoms with van der Waals surface area (Å²) in [5.74, 6) is 0.0803. The molecule has 84 valence electrons. The minimum atomic E-state index is -3.38. The lowest BCUT2D eigenvalue weighted by atomic mass is 9.99. The third kappa shape index (κ3) is 4.67. The number of benzene rings is 1. The Labute approximate surface area is 95.7 Å². The van der Waals surface area contributed by atoms with Crippen LogP contribution in [0.1, 0.15) is 18.1 Å². The molecule has 0 heterocycles. The van der Waals surface area contributed by atoms with Crippen molar-refractivity contribution in [3.8, 4) is 0 Å². The standard InChI is InChI=1S/C11H15ClO2S/c1-9(8-15(12,13)14)7-11-6-4-3-5-10(11)2/h3-6,9H,7-8H2,1-2H3. The summed E-state index contributed by atoms with van der Waals surface area (Å²) < 4.78 is 21.8. The molecule has 0 aliphatic rings. The van der Waals surface area contributed by atoms with Gasteiger partial charge in [-0.2, -0.15) is 0 Å². The summed E-state index contributed by atoms with van der Waals surface area (Å²) in [7, 11) is 1.82. The zero-order valence-corrected chi connectivity index (χ0v) is 10.5. The van der Waals surface area contributed by atoms with E-state index in [4.69, 9.17) is 10.7 Å². The van der Waals surface area contributed by atoms with Gasteiger partial charge in [0.25, 0.3) is 0 Å². The fourth-order valence-electron chi connectivity index (χ4n) is 1.61. The molecule has 15 heavy (non-hydrogen) atoms. The van der Waals surface area contributed by atoms with E-state index in [1.807, 2.05) is 38.1 Å². The largest absolute Gasteiger partial charge is 0.232 e. The van der Waals surface area contributed by atoms with Crippen LogP contribution in [0, 0.1) is 12.8 Å². The van der Waals surface area contributed by atoms with Crippen LogP contribution in [0.2, 0.25) is 0 Å². The first-order chi connectivity index (χ1) is 6.88. The fourth-order valence-corrected chi connectivity index (χ4v) is 3.06. The van der Waals surface area contributed by atoms with Gasteiger partial charge in [0.15, 0.2) is 0 Å². The molecule has 1 rings (SSSR count). The average molecular weight is 247 g/mol. The molecule has 0 aliphatic carbocycles. The van der Waals surface area contributed by atoms with Gasteiger partial charge < -0.3 is 0 Å². The van der Waals surface area contributed by atoms with Gasteiger partial charge in [-0.15, -0.1) is 0 Å². The second-order valence-electron chi connectivity index (χ2n) is 3.94. The Morgan fingerprint density at radius 2 is 1.93 bits per heavy atom. The maximum absolute atomic E-state index is 10.9. The first-order valence-corrected chi connectivity index (χ1v) is 7.33. The smallest absolute Gasteiger partial charge is 0.212 e. The summed E-state index contributed by atoms with van der Waals surface area (Å²) in [6.45, 7) is 3.92. The number of aryl methyl sites for hydroxylation is 1. The Morgan fingerprint density at radius 1 is 1.33 bits per heavy atom. The van der Waals surface area contributed by atoms with Crippen LogP contribution in [0.4, 0.5) is 0 Å². The zero-order valence-electron chi connectivity index (χ0n) is 8.90. The number of rotatable bonds is 4. The normalized spacial score (nSPS) is 13.8. The van der Waals surface area contributed by atoms with Gasteiger partial charge in [-0.3, -0.25) is 0 Å². The molecular formula is C11H15ClO2S. The Bertz CT molecular complexity index is 426. The number of hydrogen-bond donors (Lipinski definition) is 0. The number of hydrogen-bond acceptors (Lipinski definition) is 2. The van der Waals surface area contributed by atoms with Crippen molar-refractivity contribution in [2.24, 2.45) is 5.92 Å². The van der Waals surface area contributed by atoms with Gasteiger partial charge in [0.1, 0.15) is 0 Å². The Hall–Kier alpha value is -0.540. The predicted molar refractivity (Wildman–Crippen MR) is 63.7 cm³/mol. The van der Waals surface area contributed by atoms with Crippen molar-refractivity contribution >= 4 is 19.7 Å². The highest BCUT2D eigenvalue weighted by Gasteiger charge is 2.13. The van der Waals surface area contributed by atoms with E-state index in [-0.39, 0.29) is 11.7 Å². The van der Waals surface area contributed by atoms with Crippen LogP contribution in [0.25, 0.3) is 0 Å². The first-order valence-electron chi connectivity index (χ1n) is 4.85. The molecule has 0 saturated heterocycles. The molecule has 0 radical (unpaired) electrons. The molecule has 0 aliphatic heterocycles. The lowest BCUT2D eigenvalue weighted by Crippen LogP contribution is -2.11. The third-order valence-electron chi connectivity index (χ3n) is 2.31. The predicted octanol–water partition coefficient (Wildman–Crippen LogP) is 2.74. The molecule has 0 amide bonds. The van der Waals surface area contributed by atoms with Gasteiger partial charge in [0, 0.05) is 10.7 Å². The molecule has 0 fully saturated rings. The van der Waals surface area contributed by atoms with Crippen molar-refractivity contribution in [2.75, 3.05) is 5.75 Å². The van der Waals surface area contributed by atoms with E-state index in [0.29, 0.717) is 0 Å². The summed E-state index contributed by atoms with van der Waals surface area (Å²) >= 11 is 0. The van der Waals surface area contributed by atoms with Crippen molar-refractivity contribution in [1.29, 1.82) is 0 Å². The fraction of sp³-hybridized carbons (Fsp3) is 0.455. The molecule has 1 unspecified atom stereocenters. The average Bonchev–Trinajstić information content (AvgIpc) is 2.05. The van der Waals surface area contributed by atoms with Crippen LogP contribution in [0.3, 0.4) is 0 Å². The summed E-state index contributed by atoms with van der Waals surface area (Å²) in [4.78, 5) is 0. The summed E-state index contributed by atoms with van der Waals surface area (Å²) in [6.07, 6.45) is 0.749. The molecule has 0 N–H and O–H groups in total. The molecule has 1 aromatic rings. The minimum Gasteiger partial charge on any atom is -0.212 e. The number of halogens is 1. The molecule has 1 aromatic carbocycles. The Morgan fingerprint density at radius 3 is 2.47 bits per heavy atom.